The van der Waals surface area contributed by atoms with Crippen LogP contribution in [-0.4, -0.2) is 31.1 Å². The van der Waals surface area contributed by atoms with Gasteiger partial charge >= 0.3 is 12.1 Å². The number of aromatic amines is 1. The second-order valence-electron chi connectivity index (χ2n) is 6.95. The number of ether oxygens (including phenoxy) is 1. The number of carboxylic acids is 1. The Hall–Kier alpha value is -3.82. The first-order valence-corrected chi connectivity index (χ1v) is 9.26. The Bertz CT molecular complexity index is 1240. The largest absolute Gasteiger partial charge is 0.487 e. The average molecular weight is 430 g/mol. The molecule has 0 atom stereocenters. The van der Waals surface area contributed by atoms with E-state index >= 15 is 0 Å². The molecule has 0 amide bonds. The van der Waals surface area contributed by atoms with E-state index in [4.69, 9.17) is 9.84 Å². The third-order valence-corrected chi connectivity index (χ3v) is 4.76. The Morgan fingerprint density at radius 3 is 2.58 bits per heavy atom. The maximum absolute atomic E-state index is 12.7. The second-order valence-corrected chi connectivity index (χ2v) is 6.95. The minimum atomic E-state index is -4.41. The van der Waals surface area contributed by atoms with Crippen LogP contribution >= 0.6 is 0 Å². The Kier molecular flexibility index (Phi) is 5.14. The minimum absolute atomic E-state index is 0.0939. The van der Waals surface area contributed by atoms with Gasteiger partial charge in [-0.05, 0) is 55.0 Å². The highest BCUT2D eigenvalue weighted by molar-refractivity contribution is 5.88. The van der Waals surface area contributed by atoms with Gasteiger partial charge in [-0.15, -0.1) is 5.10 Å². The first-order valence-electron chi connectivity index (χ1n) is 9.26. The van der Waals surface area contributed by atoms with Crippen LogP contribution in [0.15, 0.2) is 48.7 Å². The van der Waals surface area contributed by atoms with Crippen LogP contribution in [0, 0.1) is 6.92 Å². The van der Waals surface area contributed by atoms with Gasteiger partial charge in [0, 0.05) is 17.1 Å². The summed E-state index contributed by atoms with van der Waals surface area (Å²) >= 11 is 0. The van der Waals surface area contributed by atoms with Crippen LogP contribution < -0.4 is 4.74 Å². The summed E-state index contributed by atoms with van der Waals surface area (Å²) in [6.45, 7) is 1.82. The molecule has 0 unspecified atom stereocenters. The van der Waals surface area contributed by atoms with Crippen LogP contribution in [0.4, 0.5) is 13.2 Å². The molecule has 2 aromatic carbocycles. The summed E-state index contributed by atoms with van der Waals surface area (Å²) in [6.07, 6.45) is -2.86. The van der Waals surface area contributed by atoms with E-state index in [0.29, 0.717) is 28.4 Å². The molecule has 0 fully saturated rings. The molecule has 0 aliphatic heterocycles. The molecule has 4 aromatic rings. The lowest BCUT2D eigenvalue weighted by Crippen LogP contribution is -2.06. The first-order chi connectivity index (χ1) is 14.7. The average Bonchev–Trinajstić information content (AvgIpc) is 3.28. The number of fused-ring (bicyclic) bond motifs is 1. The van der Waals surface area contributed by atoms with Crippen LogP contribution in [0.1, 0.15) is 22.5 Å². The van der Waals surface area contributed by atoms with Gasteiger partial charge in [0.2, 0.25) is 0 Å². The lowest BCUT2D eigenvalue weighted by atomic mass is 10.1. The Balaban J connectivity index is 1.51. The fourth-order valence-electron chi connectivity index (χ4n) is 3.15. The van der Waals surface area contributed by atoms with Crippen LogP contribution in [0.5, 0.6) is 5.75 Å². The Morgan fingerprint density at radius 1 is 1.16 bits per heavy atom. The van der Waals surface area contributed by atoms with E-state index in [-0.39, 0.29) is 13.0 Å². The van der Waals surface area contributed by atoms with E-state index < -0.39 is 17.7 Å². The highest BCUT2D eigenvalue weighted by Gasteiger charge is 2.30. The predicted octanol–water partition coefficient (Wildman–Crippen LogP) is 4.28. The number of alkyl halides is 3. The van der Waals surface area contributed by atoms with E-state index in [9.17, 15) is 18.0 Å². The number of carbonyl (C=O) groups is 1. The van der Waals surface area contributed by atoms with Crippen molar-refractivity contribution in [2.75, 3.05) is 0 Å². The quantitative estimate of drug-likeness (QED) is 0.476. The smallest absolute Gasteiger partial charge is 0.416 e. The Labute approximate surface area is 174 Å². The summed E-state index contributed by atoms with van der Waals surface area (Å²) in [6, 6.07) is 9.85. The summed E-state index contributed by atoms with van der Waals surface area (Å²) in [7, 11) is 0. The van der Waals surface area contributed by atoms with Crippen molar-refractivity contribution in [3.05, 3.63) is 71.2 Å². The summed E-state index contributed by atoms with van der Waals surface area (Å²) < 4.78 is 44.0. The summed E-state index contributed by atoms with van der Waals surface area (Å²) in [5.41, 5.74) is 2.21. The molecule has 0 saturated carbocycles. The number of benzene rings is 2. The SMILES string of the molecule is Cc1nn(-c2ccc(C(F)(F)F)cc2)nc1COc1ccc2[nH]cc(CC(=O)O)c2c1. The summed E-state index contributed by atoms with van der Waals surface area (Å²) in [5.74, 6) is -0.398. The van der Waals surface area contributed by atoms with Crippen molar-refractivity contribution in [2.24, 2.45) is 0 Å². The van der Waals surface area contributed by atoms with Crippen LogP contribution in [0.3, 0.4) is 0 Å². The van der Waals surface area contributed by atoms with Crippen molar-refractivity contribution in [3.63, 3.8) is 0 Å². The monoisotopic (exact) mass is 430 g/mol. The fourth-order valence-corrected chi connectivity index (χ4v) is 3.15. The fraction of sp³-hybridized carbons (Fsp3) is 0.190. The molecule has 0 aliphatic rings. The number of carboxylic acid groups (broad SMARTS) is 1. The van der Waals surface area contributed by atoms with Crippen molar-refractivity contribution in [1.82, 2.24) is 20.0 Å². The van der Waals surface area contributed by atoms with Crippen LogP contribution in [0.25, 0.3) is 16.6 Å². The predicted molar refractivity (Wildman–Crippen MR) is 105 cm³/mol. The van der Waals surface area contributed by atoms with Gasteiger partial charge < -0.3 is 14.8 Å². The number of halogens is 3. The van der Waals surface area contributed by atoms with Crippen molar-refractivity contribution < 1.29 is 27.8 Å². The first kappa shape index (κ1) is 20.5. The number of aromatic nitrogens is 4. The zero-order chi connectivity index (χ0) is 22.2. The molecule has 31 heavy (non-hydrogen) atoms. The van der Waals surface area contributed by atoms with Gasteiger partial charge in [-0.2, -0.15) is 23.1 Å². The molecule has 0 aliphatic carbocycles. The molecule has 0 saturated heterocycles. The van der Waals surface area contributed by atoms with Gasteiger partial charge in [-0.25, -0.2) is 0 Å². The number of aliphatic carboxylic acids is 1. The number of H-pyrrole nitrogens is 1. The lowest BCUT2D eigenvalue weighted by molar-refractivity contribution is -0.138. The molecule has 2 N–H and O–H groups in total. The highest BCUT2D eigenvalue weighted by Crippen LogP contribution is 2.29. The molecule has 2 aromatic heterocycles. The zero-order valence-corrected chi connectivity index (χ0v) is 16.3. The van der Waals surface area contributed by atoms with Crippen molar-refractivity contribution in [1.29, 1.82) is 0 Å². The molecular formula is C21H17F3N4O3. The third kappa shape index (κ3) is 4.37. The maximum atomic E-state index is 12.7. The number of hydrogen-bond acceptors (Lipinski definition) is 4. The van der Waals surface area contributed by atoms with E-state index in [1.807, 2.05) is 0 Å². The number of hydrogen-bond donors (Lipinski definition) is 2. The van der Waals surface area contributed by atoms with Crippen LogP contribution in [0.2, 0.25) is 0 Å². The highest BCUT2D eigenvalue weighted by atomic mass is 19.4. The summed E-state index contributed by atoms with van der Waals surface area (Å²) in [5, 5.41) is 18.3. The van der Waals surface area contributed by atoms with E-state index in [2.05, 4.69) is 15.2 Å². The molecule has 160 valence electrons. The van der Waals surface area contributed by atoms with Gasteiger partial charge in [0.1, 0.15) is 18.1 Å². The summed E-state index contributed by atoms with van der Waals surface area (Å²) in [4.78, 5) is 15.3. The number of nitrogens with zero attached hydrogens (tertiary/aromatic N) is 3. The van der Waals surface area contributed by atoms with Gasteiger partial charge in [0.15, 0.2) is 0 Å². The minimum Gasteiger partial charge on any atom is -0.487 e. The molecule has 0 radical (unpaired) electrons. The van der Waals surface area contributed by atoms with Gasteiger partial charge in [-0.1, -0.05) is 0 Å². The molecule has 7 nitrogen and oxygen atoms in total. The van der Waals surface area contributed by atoms with Gasteiger partial charge in [-0.3, -0.25) is 4.79 Å². The number of aryl methyl sites for hydroxylation is 1. The van der Waals surface area contributed by atoms with E-state index in [0.717, 1.165) is 23.0 Å². The molecule has 10 heteroatoms. The molecule has 4 rings (SSSR count). The topological polar surface area (TPSA) is 93.0 Å². The standard InChI is InChI=1S/C21H17F3N4O3/c1-12-19(27-28(26-12)15-4-2-14(3-5-15)21(22,23)24)11-31-16-6-7-18-17(9-16)13(10-25-18)8-20(29)30/h2-7,9-10,25H,8,11H2,1H3,(H,29,30). The third-order valence-electron chi connectivity index (χ3n) is 4.76. The molecule has 2 heterocycles. The Morgan fingerprint density at radius 2 is 1.90 bits per heavy atom. The normalized spacial score (nSPS) is 11.7. The van der Waals surface area contributed by atoms with E-state index in [1.54, 1.807) is 31.3 Å². The molecule has 0 bridgehead atoms. The van der Waals surface area contributed by atoms with Gasteiger partial charge in [0.25, 0.3) is 0 Å². The molecule has 0 spiro atoms. The number of nitrogens with one attached hydrogen (secondary N) is 1. The zero-order valence-electron chi connectivity index (χ0n) is 16.3. The van der Waals surface area contributed by atoms with Crippen molar-refractivity contribution in [3.8, 4) is 11.4 Å². The second kappa shape index (κ2) is 7.78. The molecular weight excluding hydrogens is 413 g/mol. The maximum Gasteiger partial charge on any atom is 0.416 e. The number of rotatable bonds is 6. The lowest BCUT2D eigenvalue weighted by Gasteiger charge is -2.07. The van der Waals surface area contributed by atoms with Crippen molar-refractivity contribution in [2.45, 2.75) is 26.1 Å². The van der Waals surface area contributed by atoms with Gasteiger partial charge in [0.05, 0.1) is 23.4 Å². The van der Waals surface area contributed by atoms with E-state index in [1.165, 1.54) is 16.9 Å². The van der Waals surface area contributed by atoms with Crippen LogP contribution in [-0.2, 0) is 24.0 Å². The van der Waals surface area contributed by atoms with Crippen molar-refractivity contribution >= 4 is 16.9 Å².